The van der Waals surface area contributed by atoms with E-state index in [1.807, 2.05) is 84.9 Å². The van der Waals surface area contributed by atoms with Gasteiger partial charge in [0.25, 0.3) is 0 Å². The maximum atomic E-state index is 10.6. The highest BCUT2D eigenvalue weighted by molar-refractivity contribution is 6.10. The quantitative estimate of drug-likeness (QED) is 0.225. The summed E-state index contributed by atoms with van der Waals surface area (Å²) in [6.45, 7) is 0. The standard InChI is InChI=1S/C38H20N2O2/c39-21-23-7-5-8-24(17-23)31-19-26(27-11-6-12-30-28-9-1-4-14-36(28)42-38(27)30)20-32(34(31)22-40)25-15-16-37-33(18-25)29-10-2-3-13-35(29)41-37/h1-20H. The van der Waals surface area contributed by atoms with Gasteiger partial charge in [-0.15, -0.1) is 0 Å². The van der Waals surface area contributed by atoms with Crippen LogP contribution in [-0.4, -0.2) is 0 Å². The second kappa shape index (κ2) is 9.24. The Bertz CT molecular complexity index is 2450. The Hall–Kier alpha value is -6.10. The normalized spacial score (nSPS) is 11.3. The summed E-state index contributed by atoms with van der Waals surface area (Å²) < 4.78 is 12.5. The molecule has 8 aromatic rings. The molecule has 0 aliphatic carbocycles. The van der Waals surface area contributed by atoms with Crippen LogP contribution in [0.25, 0.3) is 77.3 Å². The van der Waals surface area contributed by atoms with Gasteiger partial charge in [0.15, 0.2) is 0 Å². The first-order chi connectivity index (χ1) is 20.7. The summed E-state index contributed by atoms with van der Waals surface area (Å²) in [6, 6.07) is 44.5. The minimum atomic E-state index is 0.536. The van der Waals surface area contributed by atoms with E-state index in [9.17, 15) is 10.5 Å². The van der Waals surface area contributed by atoms with Crippen LogP contribution >= 0.6 is 0 Å². The number of nitrogens with zero attached hydrogens (tertiary/aromatic N) is 2. The van der Waals surface area contributed by atoms with Gasteiger partial charge in [0, 0.05) is 38.2 Å². The summed E-state index contributed by atoms with van der Waals surface area (Å²) in [5.41, 5.74) is 9.43. The van der Waals surface area contributed by atoms with Crippen molar-refractivity contribution in [3.63, 3.8) is 0 Å². The van der Waals surface area contributed by atoms with E-state index < -0.39 is 0 Å². The Morgan fingerprint density at radius 3 is 1.83 bits per heavy atom. The summed E-state index contributed by atoms with van der Waals surface area (Å²) in [5.74, 6) is 0. The molecule has 0 unspecified atom stereocenters. The van der Waals surface area contributed by atoms with E-state index in [-0.39, 0.29) is 0 Å². The highest BCUT2D eigenvalue weighted by atomic mass is 16.3. The van der Waals surface area contributed by atoms with Crippen LogP contribution in [0.3, 0.4) is 0 Å². The summed E-state index contributed by atoms with van der Waals surface area (Å²) in [6.07, 6.45) is 0. The predicted octanol–water partition coefficient (Wildman–Crippen LogP) is 10.2. The lowest BCUT2D eigenvalue weighted by Crippen LogP contribution is -1.93. The number of rotatable bonds is 3. The molecule has 2 heterocycles. The third-order valence-corrected chi connectivity index (χ3v) is 7.96. The first kappa shape index (κ1) is 23.8. The smallest absolute Gasteiger partial charge is 0.143 e. The molecule has 0 spiro atoms. The lowest BCUT2D eigenvalue weighted by Gasteiger charge is -2.15. The van der Waals surface area contributed by atoms with Gasteiger partial charge in [0.05, 0.1) is 17.2 Å². The zero-order chi connectivity index (χ0) is 28.2. The zero-order valence-electron chi connectivity index (χ0n) is 22.3. The Morgan fingerprint density at radius 1 is 0.429 bits per heavy atom. The monoisotopic (exact) mass is 536 g/mol. The van der Waals surface area contributed by atoms with E-state index in [1.54, 1.807) is 6.07 Å². The first-order valence-corrected chi connectivity index (χ1v) is 13.6. The van der Waals surface area contributed by atoms with Gasteiger partial charge >= 0.3 is 0 Å². The topological polar surface area (TPSA) is 73.9 Å². The van der Waals surface area contributed by atoms with E-state index in [4.69, 9.17) is 8.83 Å². The highest BCUT2D eigenvalue weighted by Gasteiger charge is 2.19. The van der Waals surface area contributed by atoms with Gasteiger partial charge in [-0.05, 0) is 65.2 Å². The van der Waals surface area contributed by atoms with Crippen molar-refractivity contribution in [1.82, 2.24) is 0 Å². The fourth-order valence-corrected chi connectivity index (χ4v) is 6.00. The Morgan fingerprint density at radius 2 is 1.07 bits per heavy atom. The lowest BCUT2D eigenvalue weighted by atomic mass is 9.87. The fourth-order valence-electron chi connectivity index (χ4n) is 6.00. The van der Waals surface area contributed by atoms with Crippen molar-refractivity contribution >= 4 is 43.9 Å². The van der Waals surface area contributed by atoms with Crippen LogP contribution in [0.5, 0.6) is 0 Å². The van der Waals surface area contributed by atoms with E-state index >= 15 is 0 Å². The predicted molar refractivity (Wildman–Crippen MR) is 167 cm³/mol. The molecule has 6 aromatic carbocycles. The molecule has 8 rings (SSSR count). The van der Waals surface area contributed by atoms with Crippen LogP contribution in [0.1, 0.15) is 11.1 Å². The zero-order valence-corrected chi connectivity index (χ0v) is 22.3. The number of fused-ring (bicyclic) bond motifs is 6. The Balaban J connectivity index is 1.45. The summed E-state index contributed by atoms with van der Waals surface area (Å²) in [4.78, 5) is 0. The van der Waals surface area contributed by atoms with Crippen molar-refractivity contribution in [2.75, 3.05) is 0 Å². The molecule has 0 bridgehead atoms. The maximum Gasteiger partial charge on any atom is 0.143 e. The third kappa shape index (κ3) is 3.60. The molecule has 2 aromatic heterocycles. The number of hydrogen-bond donors (Lipinski definition) is 0. The van der Waals surface area contributed by atoms with E-state index in [2.05, 4.69) is 42.5 Å². The Labute approximate surface area is 240 Å². The molecule has 0 atom stereocenters. The van der Waals surface area contributed by atoms with Gasteiger partial charge < -0.3 is 8.83 Å². The number of benzene rings is 6. The fraction of sp³-hybridized carbons (Fsp3) is 0. The largest absolute Gasteiger partial charge is 0.456 e. The summed E-state index contributed by atoms with van der Waals surface area (Å²) in [5, 5.41) is 24.3. The van der Waals surface area contributed by atoms with Crippen molar-refractivity contribution in [3.05, 3.63) is 132 Å². The van der Waals surface area contributed by atoms with Gasteiger partial charge in [0.1, 0.15) is 28.4 Å². The molecule has 0 radical (unpaired) electrons. The van der Waals surface area contributed by atoms with E-state index in [0.29, 0.717) is 11.1 Å². The highest BCUT2D eigenvalue weighted by Crippen LogP contribution is 2.42. The number of hydrogen-bond acceptors (Lipinski definition) is 4. The molecule has 0 aliphatic heterocycles. The summed E-state index contributed by atoms with van der Waals surface area (Å²) in [7, 11) is 0. The number of nitriles is 2. The molecular formula is C38H20N2O2. The average molecular weight is 537 g/mol. The third-order valence-electron chi connectivity index (χ3n) is 7.96. The van der Waals surface area contributed by atoms with Crippen molar-refractivity contribution < 1.29 is 8.83 Å². The molecule has 42 heavy (non-hydrogen) atoms. The van der Waals surface area contributed by atoms with Crippen LogP contribution in [0.2, 0.25) is 0 Å². The van der Waals surface area contributed by atoms with Crippen molar-refractivity contribution in [2.45, 2.75) is 0 Å². The molecule has 0 saturated carbocycles. The number of para-hydroxylation sites is 3. The molecule has 194 valence electrons. The van der Waals surface area contributed by atoms with Crippen LogP contribution in [0.15, 0.2) is 130 Å². The van der Waals surface area contributed by atoms with Gasteiger partial charge in [-0.2, -0.15) is 10.5 Å². The van der Waals surface area contributed by atoms with Crippen molar-refractivity contribution in [3.8, 4) is 45.5 Å². The van der Waals surface area contributed by atoms with E-state index in [1.165, 1.54) is 0 Å². The number of furan rings is 2. The minimum absolute atomic E-state index is 0.536. The van der Waals surface area contributed by atoms with Crippen LogP contribution in [0.4, 0.5) is 0 Å². The van der Waals surface area contributed by atoms with Crippen LogP contribution < -0.4 is 0 Å². The lowest BCUT2D eigenvalue weighted by molar-refractivity contribution is 0.669. The Kier molecular flexibility index (Phi) is 5.22. The SMILES string of the molecule is N#Cc1cccc(-c2cc(-c3cccc4c3oc3ccccc34)cc(-c3ccc4oc5ccccc5c4c3)c2C#N)c1. The molecular weight excluding hydrogens is 516 g/mol. The molecule has 0 aliphatic rings. The van der Waals surface area contributed by atoms with E-state index in [0.717, 1.165) is 77.3 Å². The second-order valence-corrected chi connectivity index (χ2v) is 10.3. The molecule has 4 nitrogen and oxygen atoms in total. The van der Waals surface area contributed by atoms with Gasteiger partial charge in [-0.1, -0.05) is 72.8 Å². The molecule has 0 amide bonds. The molecule has 0 N–H and O–H groups in total. The molecule has 0 saturated heterocycles. The van der Waals surface area contributed by atoms with Gasteiger partial charge in [-0.3, -0.25) is 0 Å². The minimum Gasteiger partial charge on any atom is -0.456 e. The first-order valence-electron chi connectivity index (χ1n) is 13.6. The second-order valence-electron chi connectivity index (χ2n) is 10.3. The average Bonchev–Trinajstić information content (AvgIpc) is 3.62. The summed E-state index contributed by atoms with van der Waals surface area (Å²) >= 11 is 0. The van der Waals surface area contributed by atoms with Gasteiger partial charge in [-0.25, -0.2) is 0 Å². The molecule has 0 fully saturated rings. The van der Waals surface area contributed by atoms with Crippen molar-refractivity contribution in [1.29, 1.82) is 10.5 Å². The van der Waals surface area contributed by atoms with Crippen LogP contribution in [0, 0.1) is 22.7 Å². The van der Waals surface area contributed by atoms with Gasteiger partial charge in [0.2, 0.25) is 0 Å². The maximum absolute atomic E-state index is 10.6. The van der Waals surface area contributed by atoms with Crippen LogP contribution in [-0.2, 0) is 0 Å². The van der Waals surface area contributed by atoms with Crippen molar-refractivity contribution in [2.24, 2.45) is 0 Å². The molecule has 4 heteroatoms.